The molecule has 1 aromatic carbocycles. The summed E-state index contributed by atoms with van der Waals surface area (Å²) in [6, 6.07) is 9.87. The van der Waals surface area contributed by atoms with Gasteiger partial charge >= 0.3 is 5.97 Å². The smallest absolute Gasteiger partial charge is 0.306 e. The molecule has 0 aliphatic rings. The van der Waals surface area contributed by atoms with Crippen LogP contribution in [0.5, 0.6) is 0 Å². The van der Waals surface area contributed by atoms with Gasteiger partial charge in [0.15, 0.2) is 0 Å². The zero-order chi connectivity index (χ0) is 19.4. The number of hydrogen-bond acceptors (Lipinski definition) is 3. The van der Waals surface area contributed by atoms with E-state index < -0.39 is 0 Å². The van der Waals surface area contributed by atoms with Gasteiger partial charge in [-0.15, -0.1) is 0 Å². The summed E-state index contributed by atoms with van der Waals surface area (Å²) in [4.78, 5) is 11.7. The van der Waals surface area contributed by atoms with E-state index in [0.717, 1.165) is 24.9 Å². The SMILES string of the molecule is NCCCCCCCCCCCCCCCCC(=O)OCc1ccccc1. The van der Waals surface area contributed by atoms with Crippen LogP contribution in [-0.4, -0.2) is 12.5 Å². The highest BCUT2D eigenvalue weighted by atomic mass is 16.5. The Labute approximate surface area is 167 Å². The van der Waals surface area contributed by atoms with Gasteiger partial charge in [-0.1, -0.05) is 107 Å². The molecule has 1 rings (SSSR count). The average molecular weight is 376 g/mol. The normalized spacial score (nSPS) is 10.9. The lowest BCUT2D eigenvalue weighted by molar-refractivity contribution is -0.145. The molecule has 2 N–H and O–H groups in total. The fourth-order valence-electron chi connectivity index (χ4n) is 3.35. The molecule has 0 amide bonds. The first kappa shape index (κ1) is 23.7. The second-order valence-electron chi connectivity index (χ2n) is 7.63. The van der Waals surface area contributed by atoms with Crippen molar-refractivity contribution in [3.05, 3.63) is 35.9 Å². The van der Waals surface area contributed by atoms with Crippen LogP contribution in [0.15, 0.2) is 30.3 Å². The van der Waals surface area contributed by atoms with Crippen molar-refractivity contribution in [1.29, 1.82) is 0 Å². The van der Waals surface area contributed by atoms with Gasteiger partial charge in [-0.2, -0.15) is 0 Å². The number of ether oxygens (including phenoxy) is 1. The van der Waals surface area contributed by atoms with Crippen LogP contribution >= 0.6 is 0 Å². The first-order chi connectivity index (χ1) is 13.3. The topological polar surface area (TPSA) is 52.3 Å². The van der Waals surface area contributed by atoms with Gasteiger partial charge in [0.05, 0.1) is 0 Å². The molecule has 27 heavy (non-hydrogen) atoms. The molecule has 0 fully saturated rings. The van der Waals surface area contributed by atoms with Crippen molar-refractivity contribution in [2.75, 3.05) is 6.54 Å². The Balaban J connectivity index is 1.77. The first-order valence-corrected chi connectivity index (χ1v) is 11.2. The van der Waals surface area contributed by atoms with Gasteiger partial charge in [-0.25, -0.2) is 0 Å². The second kappa shape index (κ2) is 18.0. The van der Waals surface area contributed by atoms with Crippen LogP contribution in [0.2, 0.25) is 0 Å². The molecule has 3 nitrogen and oxygen atoms in total. The first-order valence-electron chi connectivity index (χ1n) is 11.2. The van der Waals surface area contributed by atoms with Crippen molar-refractivity contribution in [3.8, 4) is 0 Å². The molecule has 0 radical (unpaired) electrons. The second-order valence-corrected chi connectivity index (χ2v) is 7.63. The molecular weight excluding hydrogens is 334 g/mol. The maximum absolute atomic E-state index is 11.7. The van der Waals surface area contributed by atoms with E-state index in [1.807, 2.05) is 30.3 Å². The van der Waals surface area contributed by atoms with Crippen LogP contribution in [0, 0.1) is 0 Å². The van der Waals surface area contributed by atoms with Gasteiger partial charge in [-0.3, -0.25) is 4.79 Å². The van der Waals surface area contributed by atoms with Gasteiger partial charge < -0.3 is 10.5 Å². The highest BCUT2D eigenvalue weighted by Gasteiger charge is 2.03. The van der Waals surface area contributed by atoms with Crippen LogP contribution in [0.1, 0.15) is 102 Å². The van der Waals surface area contributed by atoms with Crippen LogP contribution in [0.25, 0.3) is 0 Å². The van der Waals surface area contributed by atoms with Crippen molar-refractivity contribution < 1.29 is 9.53 Å². The van der Waals surface area contributed by atoms with Crippen molar-refractivity contribution in [1.82, 2.24) is 0 Å². The largest absolute Gasteiger partial charge is 0.461 e. The third-order valence-electron chi connectivity index (χ3n) is 5.08. The van der Waals surface area contributed by atoms with Crippen LogP contribution < -0.4 is 5.73 Å². The molecule has 0 aliphatic carbocycles. The zero-order valence-electron chi connectivity index (χ0n) is 17.3. The van der Waals surface area contributed by atoms with Crippen LogP contribution in [0.4, 0.5) is 0 Å². The zero-order valence-corrected chi connectivity index (χ0v) is 17.3. The van der Waals surface area contributed by atoms with Crippen molar-refractivity contribution in [2.24, 2.45) is 5.73 Å². The van der Waals surface area contributed by atoms with E-state index in [4.69, 9.17) is 10.5 Å². The van der Waals surface area contributed by atoms with Crippen molar-refractivity contribution in [3.63, 3.8) is 0 Å². The quantitative estimate of drug-likeness (QED) is 0.234. The molecule has 1 aromatic rings. The third kappa shape index (κ3) is 15.4. The average Bonchev–Trinajstić information content (AvgIpc) is 2.70. The Hall–Kier alpha value is -1.35. The summed E-state index contributed by atoms with van der Waals surface area (Å²) in [5, 5.41) is 0. The number of carbonyl (C=O) groups excluding carboxylic acids is 1. The molecule has 0 aromatic heterocycles. The monoisotopic (exact) mass is 375 g/mol. The summed E-state index contributed by atoms with van der Waals surface area (Å²) < 4.78 is 5.30. The summed E-state index contributed by atoms with van der Waals surface area (Å²) in [5.41, 5.74) is 6.55. The van der Waals surface area contributed by atoms with Crippen molar-refractivity contribution >= 4 is 5.97 Å². The Bertz CT molecular complexity index is 447. The molecule has 0 bridgehead atoms. The minimum Gasteiger partial charge on any atom is -0.461 e. The number of rotatable bonds is 18. The minimum absolute atomic E-state index is 0.0677. The minimum atomic E-state index is -0.0677. The van der Waals surface area contributed by atoms with Crippen LogP contribution in [-0.2, 0) is 16.1 Å². The van der Waals surface area contributed by atoms with Gasteiger partial charge in [0.1, 0.15) is 6.61 Å². The lowest BCUT2D eigenvalue weighted by Crippen LogP contribution is -2.04. The Kier molecular flexibility index (Phi) is 15.8. The maximum Gasteiger partial charge on any atom is 0.306 e. The number of hydrogen-bond donors (Lipinski definition) is 1. The maximum atomic E-state index is 11.7. The number of nitrogens with two attached hydrogens (primary N) is 1. The van der Waals surface area contributed by atoms with E-state index in [1.165, 1.54) is 77.0 Å². The van der Waals surface area contributed by atoms with Gasteiger partial charge in [-0.05, 0) is 24.9 Å². The van der Waals surface area contributed by atoms with E-state index >= 15 is 0 Å². The van der Waals surface area contributed by atoms with E-state index in [9.17, 15) is 4.79 Å². The molecule has 154 valence electrons. The molecule has 0 aliphatic heterocycles. The molecule has 0 saturated carbocycles. The molecule has 0 saturated heterocycles. The van der Waals surface area contributed by atoms with E-state index in [2.05, 4.69) is 0 Å². The van der Waals surface area contributed by atoms with E-state index in [0.29, 0.717) is 13.0 Å². The Morgan fingerprint density at radius 1 is 0.667 bits per heavy atom. The summed E-state index contributed by atoms with van der Waals surface area (Å²) in [6.07, 6.45) is 18.7. The molecule has 0 unspecified atom stereocenters. The predicted octanol–water partition coefficient (Wildman–Crippen LogP) is 6.54. The fraction of sp³-hybridized carbons (Fsp3) is 0.708. The van der Waals surface area contributed by atoms with E-state index in [-0.39, 0.29) is 5.97 Å². The van der Waals surface area contributed by atoms with Crippen LogP contribution in [0.3, 0.4) is 0 Å². The highest BCUT2D eigenvalue weighted by molar-refractivity contribution is 5.69. The van der Waals surface area contributed by atoms with E-state index in [1.54, 1.807) is 0 Å². The standard InChI is InChI=1S/C24H41NO2/c25-21-17-12-10-8-6-4-2-1-3-5-7-9-11-16-20-24(26)27-22-23-18-14-13-15-19-23/h13-15,18-19H,1-12,16-17,20-22,25H2. The molecule has 0 heterocycles. The third-order valence-corrected chi connectivity index (χ3v) is 5.08. The molecule has 3 heteroatoms. The number of unbranched alkanes of at least 4 members (excludes halogenated alkanes) is 13. The number of carbonyl (C=O) groups is 1. The molecule has 0 atom stereocenters. The highest BCUT2D eigenvalue weighted by Crippen LogP contribution is 2.13. The number of esters is 1. The lowest BCUT2D eigenvalue weighted by Gasteiger charge is -2.05. The summed E-state index contributed by atoms with van der Waals surface area (Å²) in [5.74, 6) is -0.0677. The summed E-state index contributed by atoms with van der Waals surface area (Å²) in [7, 11) is 0. The Morgan fingerprint density at radius 2 is 1.11 bits per heavy atom. The van der Waals surface area contributed by atoms with Gasteiger partial charge in [0.25, 0.3) is 0 Å². The lowest BCUT2D eigenvalue weighted by atomic mass is 10.0. The molecule has 0 spiro atoms. The predicted molar refractivity (Wildman–Crippen MR) is 115 cm³/mol. The van der Waals surface area contributed by atoms with Gasteiger partial charge in [0.2, 0.25) is 0 Å². The number of benzene rings is 1. The van der Waals surface area contributed by atoms with Gasteiger partial charge in [0, 0.05) is 6.42 Å². The molecular formula is C24H41NO2. The Morgan fingerprint density at radius 3 is 1.59 bits per heavy atom. The van der Waals surface area contributed by atoms with Crippen molar-refractivity contribution in [2.45, 2.75) is 103 Å². The fourth-order valence-corrected chi connectivity index (χ4v) is 3.35. The summed E-state index contributed by atoms with van der Waals surface area (Å²) in [6.45, 7) is 1.24. The summed E-state index contributed by atoms with van der Waals surface area (Å²) >= 11 is 0.